The first-order valence-corrected chi connectivity index (χ1v) is 6.85. The van der Waals surface area contributed by atoms with Gasteiger partial charge in [-0.2, -0.15) is 0 Å². The molecule has 1 saturated heterocycles. The molecule has 0 bridgehead atoms. The smallest absolute Gasteiger partial charge is 0.224 e. The molecule has 4 nitrogen and oxygen atoms in total. The number of hydrogen-bond acceptors (Lipinski definition) is 3. The van der Waals surface area contributed by atoms with Crippen molar-refractivity contribution in [3.05, 3.63) is 35.9 Å². The molecular formula is C15H22N2O2. The van der Waals surface area contributed by atoms with Crippen LogP contribution in [0, 0.1) is 0 Å². The molecule has 1 atom stereocenters. The summed E-state index contributed by atoms with van der Waals surface area (Å²) < 4.78 is 5.66. The zero-order valence-electron chi connectivity index (χ0n) is 11.5. The predicted octanol–water partition coefficient (Wildman–Crippen LogP) is 1.07. The zero-order valence-corrected chi connectivity index (χ0v) is 11.5. The van der Waals surface area contributed by atoms with E-state index in [2.05, 4.69) is 17.3 Å². The number of amides is 1. The molecule has 0 aromatic heterocycles. The standard InChI is InChI=1S/C15H22N2O2/c1-17-9-10-19-14(12-17)7-8-16-15(18)11-13-5-3-2-4-6-13/h2-6,14H,7-12H2,1H3,(H,16,18). The van der Waals surface area contributed by atoms with E-state index in [4.69, 9.17) is 4.74 Å². The minimum Gasteiger partial charge on any atom is -0.375 e. The monoisotopic (exact) mass is 262 g/mol. The van der Waals surface area contributed by atoms with Crippen LogP contribution in [0.15, 0.2) is 30.3 Å². The highest BCUT2D eigenvalue weighted by molar-refractivity contribution is 5.78. The Kier molecular flexibility index (Phi) is 5.36. The molecule has 1 aromatic carbocycles. The molecule has 1 aromatic rings. The highest BCUT2D eigenvalue weighted by atomic mass is 16.5. The number of hydrogen-bond donors (Lipinski definition) is 1. The van der Waals surface area contributed by atoms with E-state index in [1.165, 1.54) is 0 Å². The molecule has 0 aliphatic carbocycles. The van der Waals surface area contributed by atoms with Crippen LogP contribution in [0.5, 0.6) is 0 Å². The minimum absolute atomic E-state index is 0.0790. The van der Waals surface area contributed by atoms with Gasteiger partial charge in [0, 0.05) is 19.6 Å². The third kappa shape index (κ3) is 5.01. The summed E-state index contributed by atoms with van der Waals surface area (Å²) in [4.78, 5) is 14.0. The summed E-state index contributed by atoms with van der Waals surface area (Å²) >= 11 is 0. The summed E-state index contributed by atoms with van der Waals surface area (Å²) in [6, 6.07) is 9.80. The van der Waals surface area contributed by atoms with Crippen LogP contribution in [-0.2, 0) is 16.0 Å². The Morgan fingerprint density at radius 3 is 2.95 bits per heavy atom. The Labute approximate surface area is 114 Å². The van der Waals surface area contributed by atoms with E-state index in [1.807, 2.05) is 30.3 Å². The molecular weight excluding hydrogens is 240 g/mol. The van der Waals surface area contributed by atoms with Gasteiger partial charge in [-0.15, -0.1) is 0 Å². The summed E-state index contributed by atoms with van der Waals surface area (Å²) in [7, 11) is 2.10. The minimum atomic E-state index is 0.0790. The van der Waals surface area contributed by atoms with E-state index in [0.29, 0.717) is 13.0 Å². The Bertz CT molecular complexity index is 394. The van der Waals surface area contributed by atoms with Crippen molar-refractivity contribution in [3.8, 4) is 0 Å². The second-order valence-corrected chi connectivity index (χ2v) is 5.06. The van der Waals surface area contributed by atoms with Crippen molar-refractivity contribution < 1.29 is 9.53 Å². The van der Waals surface area contributed by atoms with Crippen LogP contribution in [0.3, 0.4) is 0 Å². The Balaban J connectivity index is 1.64. The highest BCUT2D eigenvalue weighted by Crippen LogP contribution is 2.06. The van der Waals surface area contributed by atoms with E-state index in [1.54, 1.807) is 0 Å². The summed E-state index contributed by atoms with van der Waals surface area (Å²) in [6.07, 6.45) is 1.58. The van der Waals surface area contributed by atoms with Gasteiger partial charge in [-0.1, -0.05) is 30.3 Å². The van der Waals surface area contributed by atoms with Crippen molar-refractivity contribution in [1.82, 2.24) is 10.2 Å². The second-order valence-electron chi connectivity index (χ2n) is 5.06. The normalized spacial score (nSPS) is 20.2. The lowest BCUT2D eigenvalue weighted by Gasteiger charge is -2.30. The van der Waals surface area contributed by atoms with Gasteiger partial charge in [0.15, 0.2) is 0 Å². The molecule has 2 rings (SSSR count). The fourth-order valence-electron chi connectivity index (χ4n) is 2.26. The molecule has 0 spiro atoms. The van der Waals surface area contributed by atoms with Crippen LogP contribution in [-0.4, -0.2) is 50.2 Å². The molecule has 1 N–H and O–H groups in total. The van der Waals surface area contributed by atoms with Gasteiger partial charge < -0.3 is 15.0 Å². The van der Waals surface area contributed by atoms with E-state index >= 15 is 0 Å². The average molecular weight is 262 g/mol. The Morgan fingerprint density at radius 2 is 2.21 bits per heavy atom. The van der Waals surface area contributed by atoms with Crippen molar-refractivity contribution >= 4 is 5.91 Å². The lowest BCUT2D eigenvalue weighted by molar-refractivity contribution is -0.120. The molecule has 104 valence electrons. The largest absolute Gasteiger partial charge is 0.375 e. The van der Waals surface area contributed by atoms with E-state index in [-0.39, 0.29) is 12.0 Å². The van der Waals surface area contributed by atoms with Gasteiger partial charge in [0.05, 0.1) is 19.1 Å². The quantitative estimate of drug-likeness (QED) is 0.863. The summed E-state index contributed by atoms with van der Waals surface area (Å²) in [5.41, 5.74) is 1.05. The van der Waals surface area contributed by atoms with Gasteiger partial charge in [0.2, 0.25) is 5.91 Å². The lowest BCUT2D eigenvalue weighted by Crippen LogP contribution is -2.41. The lowest BCUT2D eigenvalue weighted by atomic mass is 10.1. The SMILES string of the molecule is CN1CCOC(CCNC(=O)Cc2ccccc2)C1. The van der Waals surface area contributed by atoms with Crippen LogP contribution in [0.1, 0.15) is 12.0 Å². The number of ether oxygens (including phenoxy) is 1. The van der Waals surface area contributed by atoms with Crippen LogP contribution < -0.4 is 5.32 Å². The average Bonchev–Trinajstić information content (AvgIpc) is 2.40. The number of morpholine rings is 1. The van der Waals surface area contributed by atoms with Crippen LogP contribution in [0.2, 0.25) is 0 Å². The first kappa shape index (κ1) is 14.0. The molecule has 4 heteroatoms. The van der Waals surface area contributed by atoms with Gasteiger partial charge in [0.25, 0.3) is 0 Å². The number of likely N-dealkylation sites (N-methyl/N-ethyl adjacent to an activating group) is 1. The van der Waals surface area contributed by atoms with Crippen molar-refractivity contribution in [1.29, 1.82) is 0 Å². The molecule has 0 radical (unpaired) electrons. The van der Waals surface area contributed by atoms with Crippen molar-refractivity contribution in [2.45, 2.75) is 18.9 Å². The van der Waals surface area contributed by atoms with Crippen LogP contribution in [0.4, 0.5) is 0 Å². The van der Waals surface area contributed by atoms with Gasteiger partial charge in [-0.05, 0) is 19.0 Å². The molecule has 0 saturated carbocycles. The molecule has 1 aliphatic rings. The number of carbonyl (C=O) groups excluding carboxylic acids is 1. The fourth-order valence-corrected chi connectivity index (χ4v) is 2.26. The summed E-state index contributed by atoms with van der Waals surface area (Å²) in [5.74, 6) is 0.0790. The first-order valence-electron chi connectivity index (χ1n) is 6.85. The number of benzene rings is 1. The third-order valence-electron chi connectivity index (χ3n) is 3.34. The molecule has 1 heterocycles. The predicted molar refractivity (Wildman–Crippen MR) is 75.0 cm³/mol. The number of nitrogens with one attached hydrogen (secondary N) is 1. The highest BCUT2D eigenvalue weighted by Gasteiger charge is 2.17. The zero-order chi connectivity index (χ0) is 13.5. The van der Waals surface area contributed by atoms with E-state index in [9.17, 15) is 4.79 Å². The van der Waals surface area contributed by atoms with Crippen LogP contribution in [0.25, 0.3) is 0 Å². The van der Waals surface area contributed by atoms with Crippen LogP contribution >= 0.6 is 0 Å². The number of rotatable bonds is 5. The third-order valence-corrected chi connectivity index (χ3v) is 3.34. The maximum Gasteiger partial charge on any atom is 0.224 e. The second kappa shape index (κ2) is 7.26. The molecule has 1 fully saturated rings. The van der Waals surface area contributed by atoms with E-state index < -0.39 is 0 Å². The van der Waals surface area contributed by atoms with Crippen molar-refractivity contribution in [3.63, 3.8) is 0 Å². The topological polar surface area (TPSA) is 41.6 Å². The van der Waals surface area contributed by atoms with E-state index in [0.717, 1.165) is 31.7 Å². The van der Waals surface area contributed by atoms with Gasteiger partial charge in [-0.25, -0.2) is 0 Å². The maximum absolute atomic E-state index is 11.8. The maximum atomic E-state index is 11.8. The van der Waals surface area contributed by atoms with Gasteiger partial charge in [0.1, 0.15) is 0 Å². The van der Waals surface area contributed by atoms with Gasteiger partial charge in [-0.3, -0.25) is 4.79 Å². The number of carbonyl (C=O) groups is 1. The van der Waals surface area contributed by atoms with Crippen molar-refractivity contribution in [2.75, 3.05) is 33.3 Å². The molecule has 1 unspecified atom stereocenters. The molecule has 19 heavy (non-hydrogen) atoms. The van der Waals surface area contributed by atoms with Gasteiger partial charge >= 0.3 is 0 Å². The summed E-state index contributed by atoms with van der Waals surface area (Å²) in [6.45, 7) is 3.43. The Hall–Kier alpha value is -1.39. The molecule has 1 amide bonds. The molecule has 1 aliphatic heterocycles. The number of nitrogens with zero attached hydrogens (tertiary/aromatic N) is 1. The first-order chi connectivity index (χ1) is 9.24. The summed E-state index contributed by atoms with van der Waals surface area (Å²) in [5, 5.41) is 2.96. The fraction of sp³-hybridized carbons (Fsp3) is 0.533. The Morgan fingerprint density at radius 1 is 1.42 bits per heavy atom. The van der Waals surface area contributed by atoms with Crippen molar-refractivity contribution in [2.24, 2.45) is 0 Å².